The molecule has 0 fully saturated rings. The minimum absolute atomic E-state index is 0.372. The van der Waals surface area contributed by atoms with Crippen molar-refractivity contribution in [3.8, 4) is 11.1 Å². The smallest absolute Gasteiger partial charge is 0.102 e. The zero-order chi connectivity index (χ0) is 14.1. The third-order valence-electron chi connectivity index (χ3n) is 4.04. The number of anilines is 1. The topological polar surface area (TPSA) is 6.48 Å². The summed E-state index contributed by atoms with van der Waals surface area (Å²) in [4.78, 5) is 4.52. The van der Waals surface area contributed by atoms with Crippen LogP contribution in [0.25, 0.3) is 11.1 Å². The molecule has 102 valence electrons. The maximum Gasteiger partial charge on any atom is 0.102 e. The number of rotatable bonds is 2. The molecule has 0 saturated carbocycles. The summed E-state index contributed by atoms with van der Waals surface area (Å²) in [6, 6.07) is 17.2. The van der Waals surface area contributed by atoms with E-state index in [-0.39, 0.29) is 0 Å². The van der Waals surface area contributed by atoms with Crippen LogP contribution in [0.15, 0.2) is 60.9 Å². The first kappa shape index (κ1) is 12.8. The fourth-order valence-corrected chi connectivity index (χ4v) is 2.66. The molecule has 0 N–H and O–H groups in total. The van der Waals surface area contributed by atoms with E-state index in [2.05, 4.69) is 91.6 Å². The minimum Gasteiger partial charge on any atom is -0.359 e. The van der Waals surface area contributed by atoms with Gasteiger partial charge in [0, 0.05) is 25.1 Å². The highest BCUT2D eigenvalue weighted by Gasteiger charge is 2.21. The number of benzene rings is 2. The highest BCUT2D eigenvalue weighted by atomic mass is 15.4. The fraction of sp³-hybridized carbons (Fsp3) is 0.222. The molecule has 1 aliphatic rings. The summed E-state index contributed by atoms with van der Waals surface area (Å²) in [6.45, 7) is 4.39. The third kappa shape index (κ3) is 2.18. The number of hydrogen-bond donors (Lipinski definition) is 0. The van der Waals surface area contributed by atoms with E-state index < -0.39 is 0 Å². The minimum atomic E-state index is 0.372. The zero-order valence-electron chi connectivity index (χ0n) is 12.2. The van der Waals surface area contributed by atoms with Gasteiger partial charge in [-0.05, 0) is 42.7 Å². The molecule has 1 heterocycles. The molecule has 2 aromatic rings. The van der Waals surface area contributed by atoms with E-state index >= 15 is 0 Å². The van der Waals surface area contributed by atoms with E-state index in [1.165, 1.54) is 22.4 Å². The molecule has 0 saturated heterocycles. The Bertz CT molecular complexity index is 631. The van der Waals surface area contributed by atoms with E-state index in [4.69, 9.17) is 0 Å². The summed E-state index contributed by atoms with van der Waals surface area (Å²) >= 11 is 0. The van der Waals surface area contributed by atoms with Gasteiger partial charge in [-0.3, -0.25) is 0 Å². The number of aryl methyl sites for hydroxylation is 1. The highest BCUT2D eigenvalue weighted by Crippen LogP contribution is 2.30. The first-order valence-corrected chi connectivity index (χ1v) is 7.01. The highest BCUT2D eigenvalue weighted by molar-refractivity contribution is 5.69. The first-order chi connectivity index (χ1) is 9.66. The molecule has 2 aromatic carbocycles. The lowest BCUT2D eigenvalue weighted by molar-refractivity contribution is 0.383. The monoisotopic (exact) mass is 264 g/mol. The molecule has 0 radical (unpaired) electrons. The summed E-state index contributed by atoms with van der Waals surface area (Å²) < 4.78 is 0. The predicted molar refractivity (Wildman–Crippen MR) is 85.5 cm³/mol. The third-order valence-corrected chi connectivity index (χ3v) is 4.04. The van der Waals surface area contributed by atoms with Crippen LogP contribution in [0, 0.1) is 6.92 Å². The van der Waals surface area contributed by atoms with E-state index in [1.807, 2.05) is 0 Å². The molecule has 0 amide bonds. The molecule has 0 unspecified atom stereocenters. The Morgan fingerprint density at radius 2 is 1.65 bits per heavy atom. The van der Waals surface area contributed by atoms with Crippen LogP contribution in [0.2, 0.25) is 0 Å². The van der Waals surface area contributed by atoms with Crippen LogP contribution in [0.4, 0.5) is 5.69 Å². The quantitative estimate of drug-likeness (QED) is 0.801. The molecule has 2 heteroatoms. The van der Waals surface area contributed by atoms with Crippen molar-refractivity contribution in [2.45, 2.75) is 20.0 Å². The largest absolute Gasteiger partial charge is 0.359 e. The number of nitrogens with zero attached hydrogens (tertiary/aromatic N) is 2. The number of hydrogen-bond acceptors (Lipinski definition) is 2. The molecular formula is C18H20N2. The molecule has 1 atom stereocenters. The summed E-state index contributed by atoms with van der Waals surface area (Å²) in [5.74, 6) is 0. The Kier molecular flexibility index (Phi) is 3.23. The normalized spacial score (nSPS) is 17.9. The van der Waals surface area contributed by atoms with Gasteiger partial charge < -0.3 is 9.80 Å². The second kappa shape index (κ2) is 5.04. The Balaban J connectivity index is 1.95. The average molecular weight is 264 g/mol. The van der Waals surface area contributed by atoms with Gasteiger partial charge in [0.15, 0.2) is 0 Å². The average Bonchev–Trinajstić information content (AvgIpc) is 2.80. The van der Waals surface area contributed by atoms with Gasteiger partial charge in [0.1, 0.15) is 6.17 Å². The molecule has 1 aliphatic heterocycles. The standard InChI is InChI=1S/C18H20N2/c1-14-13-17(16-7-5-4-6-8-16)9-10-18(14)20-12-11-19(3)15(20)2/h4-13,15H,1-3H3/t15-/m0/s1. The van der Waals surface area contributed by atoms with Crippen LogP contribution in [0.5, 0.6) is 0 Å². The van der Waals surface area contributed by atoms with Crippen molar-refractivity contribution in [1.29, 1.82) is 0 Å². The molecule has 20 heavy (non-hydrogen) atoms. The van der Waals surface area contributed by atoms with Crippen LogP contribution in [-0.4, -0.2) is 18.1 Å². The molecule has 2 nitrogen and oxygen atoms in total. The summed E-state index contributed by atoms with van der Waals surface area (Å²) in [6.07, 6.45) is 4.64. The molecule has 0 spiro atoms. The van der Waals surface area contributed by atoms with Crippen molar-refractivity contribution in [3.05, 3.63) is 66.5 Å². The fourth-order valence-electron chi connectivity index (χ4n) is 2.66. The van der Waals surface area contributed by atoms with Crippen LogP contribution in [0.1, 0.15) is 12.5 Å². The Hall–Kier alpha value is -2.22. The van der Waals surface area contributed by atoms with Crippen molar-refractivity contribution in [2.24, 2.45) is 0 Å². The van der Waals surface area contributed by atoms with Gasteiger partial charge in [0.25, 0.3) is 0 Å². The Morgan fingerprint density at radius 1 is 0.900 bits per heavy atom. The summed E-state index contributed by atoms with van der Waals surface area (Å²) in [5, 5.41) is 0. The van der Waals surface area contributed by atoms with E-state index in [0.29, 0.717) is 6.17 Å². The first-order valence-electron chi connectivity index (χ1n) is 7.01. The maximum atomic E-state index is 2.31. The molecular weight excluding hydrogens is 244 g/mol. The molecule has 0 aliphatic carbocycles. The second-order valence-electron chi connectivity index (χ2n) is 5.37. The van der Waals surface area contributed by atoms with Crippen LogP contribution in [0.3, 0.4) is 0 Å². The Morgan fingerprint density at radius 3 is 2.25 bits per heavy atom. The van der Waals surface area contributed by atoms with Gasteiger partial charge in [-0.1, -0.05) is 36.4 Å². The SMILES string of the molecule is Cc1cc(-c2ccccc2)ccc1N1C=CN(C)[C@@H]1C. The molecule has 0 bridgehead atoms. The van der Waals surface area contributed by atoms with Crippen LogP contribution >= 0.6 is 0 Å². The van der Waals surface area contributed by atoms with Gasteiger partial charge in [-0.15, -0.1) is 0 Å². The lowest BCUT2D eigenvalue weighted by Gasteiger charge is -2.28. The second-order valence-corrected chi connectivity index (χ2v) is 5.37. The van der Waals surface area contributed by atoms with Gasteiger partial charge in [0.2, 0.25) is 0 Å². The molecule has 0 aromatic heterocycles. The van der Waals surface area contributed by atoms with Crippen molar-refractivity contribution in [2.75, 3.05) is 11.9 Å². The van der Waals surface area contributed by atoms with Gasteiger partial charge in [0.05, 0.1) is 0 Å². The lowest BCUT2D eigenvalue weighted by Crippen LogP contribution is -2.33. The Labute approximate surface area is 121 Å². The van der Waals surface area contributed by atoms with E-state index in [1.54, 1.807) is 0 Å². The predicted octanol–water partition coefficient (Wildman–Crippen LogP) is 4.23. The van der Waals surface area contributed by atoms with Crippen molar-refractivity contribution in [1.82, 2.24) is 4.90 Å². The van der Waals surface area contributed by atoms with Crippen molar-refractivity contribution < 1.29 is 0 Å². The molecule has 3 rings (SSSR count). The van der Waals surface area contributed by atoms with Gasteiger partial charge in [-0.25, -0.2) is 0 Å². The van der Waals surface area contributed by atoms with Crippen molar-refractivity contribution in [3.63, 3.8) is 0 Å². The van der Waals surface area contributed by atoms with Crippen molar-refractivity contribution >= 4 is 5.69 Å². The van der Waals surface area contributed by atoms with E-state index in [0.717, 1.165) is 0 Å². The maximum absolute atomic E-state index is 2.31. The summed E-state index contributed by atoms with van der Waals surface area (Å²) in [5.41, 5.74) is 5.12. The van der Waals surface area contributed by atoms with Gasteiger partial charge >= 0.3 is 0 Å². The summed E-state index contributed by atoms with van der Waals surface area (Å²) in [7, 11) is 2.11. The van der Waals surface area contributed by atoms with E-state index in [9.17, 15) is 0 Å². The zero-order valence-corrected chi connectivity index (χ0v) is 12.2. The van der Waals surface area contributed by atoms with Crippen LogP contribution in [-0.2, 0) is 0 Å². The lowest BCUT2D eigenvalue weighted by atomic mass is 10.0. The van der Waals surface area contributed by atoms with Crippen LogP contribution < -0.4 is 4.90 Å². The van der Waals surface area contributed by atoms with Gasteiger partial charge in [-0.2, -0.15) is 0 Å².